The summed E-state index contributed by atoms with van der Waals surface area (Å²) in [6, 6.07) is 27.4. The highest BCUT2D eigenvalue weighted by molar-refractivity contribution is 6.30. The van der Waals surface area contributed by atoms with Crippen molar-refractivity contribution >= 4 is 34.4 Å². The average molecular weight is 612 g/mol. The fourth-order valence-corrected chi connectivity index (χ4v) is 5.84. The molecule has 0 saturated carbocycles. The number of fused-ring (bicyclic) bond motifs is 2. The predicted octanol–water partition coefficient (Wildman–Crippen LogP) is 7.55. The summed E-state index contributed by atoms with van der Waals surface area (Å²) in [4.78, 5) is 37.6. The zero-order valence-electron chi connectivity index (χ0n) is 24.2. The summed E-state index contributed by atoms with van der Waals surface area (Å²) in [5, 5.41) is 13.1. The third-order valence-corrected chi connectivity index (χ3v) is 8.32. The fraction of sp³-hybridized carbons (Fsp3) is 0.229. The molecule has 2 atom stereocenters. The van der Waals surface area contributed by atoms with Gasteiger partial charge >= 0.3 is 12.1 Å². The van der Waals surface area contributed by atoms with Gasteiger partial charge in [0.05, 0.1) is 5.69 Å². The lowest BCUT2D eigenvalue weighted by molar-refractivity contribution is -1.07. The zero-order valence-corrected chi connectivity index (χ0v) is 25.0. The quantitative estimate of drug-likeness (QED) is 0.172. The molecule has 1 aliphatic rings. The van der Waals surface area contributed by atoms with Gasteiger partial charge in [-0.3, -0.25) is 0 Å². The summed E-state index contributed by atoms with van der Waals surface area (Å²) in [7, 11) is 0. The lowest BCUT2D eigenvalue weighted by atomic mass is 9.94. The van der Waals surface area contributed by atoms with E-state index in [-0.39, 0.29) is 26.2 Å². The van der Waals surface area contributed by atoms with Gasteiger partial charge in [-0.2, -0.15) is 9.63 Å². The number of amides is 1. The van der Waals surface area contributed by atoms with Crippen LogP contribution in [0.5, 0.6) is 0 Å². The van der Waals surface area contributed by atoms with Crippen molar-refractivity contribution in [2.75, 3.05) is 6.61 Å². The Kier molecular flexibility index (Phi) is 8.48. The smallest absolute Gasteiger partial charge is 0.477 e. The molecule has 44 heavy (non-hydrogen) atoms. The Morgan fingerprint density at radius 1 is 0.977 bits per heavy atom. The second kappa shape index (κ2) is 12.6. The maximum Gasteiger partial charge on any atom is 0.551 e. The number of benzene rings is 4. The van der Waals surface area contributed by atoms with Crippen molar-refractivity contribution in [1.82, 2.24) is 4.98 Å². The summed E-state index contributed by atoms with van der Waals surface area (Å²) in [6.45, 7) is 1.98. The SMILES string of the molecule is CCc1oc(-c2ccc3ccccc3c2)nc1CCO[N+]1(C(=O)OCc2ccc(Cl)cc2)Cc2ccccc2CC1C(=O)O. The Bertz CT molecular complexity index is 1820. The number of nitrogens with zero attached hydrogens (tertiary/aromatic N) is 2. The van der Waals surface area contributed by atoms with E-state index < -0.39 is 22.8 Å². The van der Waals surface area contributed by atoms with Gasteiger partial charge < -0.3 is 14.3 Å². The zero-order chi connectivity index (χ0) is 30.7. The van der Waals surface area contributed by atoms with Crippen LogP contribution in [0.25, 0.3) is 22.2 Å². The van der Waals surface area contributed by atoms with Gasteiger partial charge in [0.15, 0.2) is 0 Å². The first-order valence-electron chi connectivity index (χ1n) is 14.6. The number of quaternary nitrogens is 1. The molecule has 1 aliphatic heterocycles. The Labute approximate surface area is 260 Å². The van der Waals surface area contributed by atoms with Crippen molar-refractivity contribution in [2.45, 2.75) is 45.4 Å². The van der Waals surface area contributed by atoms with E-state index in [1.54, 1.807) is 24.3 Å². The minimum Gasteiger partial charge on any atom is -0.477 e. The highest BCUT2D eigenvalue weighted by atomic mass is 35.5. The van der Waals surface area contributed by atoms with E-state index in [0.717, 1.165) is 33.0 Å². The van der Waals surface area contributed by atoms with E-state index in [1.165, 1.54) is 0 Å². The van der Waals surface area contributed by atoms with Crippen LogP contribution in [0, 0.1) is 0 Å². The van der Waals surface area contributed by atoms with Gasteiger partial charge in [-0.1, -0.05) is 89.9 Å². The maximum absolute atomic E-state index is 13.8. The van der Waals surface area contributed by atoms with E-state index in [0.29, 0.717) is 35.2 Å². The number of hydroxylamine groups is 3. The number of hydrogen-bond acceptors (Lipinski definition) is 6. The molecule has 8 nitrogen and oxygen atoms in total. The van der Waals surface area contributed by atoms with Gasteiger partial charge in [0.2, 0.25) is 11.9 Å². The average Bonchev–Trinajstić information content (AvgIpc) is 3.46. The molecule has 2 heterocycles. The molecule has 4 aromatic carbocycles. The van der Waals surface area contributed by atoms with Crippen molar-refractivity contribution in [1.29, 1.82) is 0 Å². The van der Waals surface area contributed by atoms with Crippen molar-refractivity contribution in [3.8, 4) is 11.5 Å². The van der Waals surface area contributed by atoms with Gasteiger partial charge in [-0.25, -0.2) is 9.78 Å². The number of carboxylic acid groups (broad SMARTS) is 1. The number of carboxylic acids is 1. The number of carbonyl (C=O) groups excluding carboxylic acids is 1. The minimum atomic E-state index is -1.20. The first kappa shape index (κ1) is 29.6. The molecule has 5 aromatic rings. The van der Waals surface area contributed by atoms with Gasteiger partial charge in [0.25, 0.3) is 0 Å². The molecule has 0 radical (unpaired) electrons. The monoisotopic (exact) mass is 611 g/mol. The topological polar surface area (TPSA) is 98.9 Å². The number of aliphatic carboxylic acids is 1. The van der Waals surface area contributed by atoms with Crippen LogP contribution in [0.1, 0.15) is 35.1 Å². The van der Waals surface area contributed by atoms with Gasteiger partial charge in [-0.15, -0.1) is 0 Å². The van der Waals surface area contributed by atoms with Gasteiger partial charge in [0, 0.05) is 35.4 Å². The molecule has 1 N–H and O–H groups in total. The molecule has 1 aromatic heterocycles. The normalized spacial score (nSPS) is 17.7. The van der Waals surface area contributed by atoms with Crippen LogP contribution < -0.4 is 0 Å². The second-order valence-electron chi connectivity index (χ2n) is 10.8. The van der Waals surface area contributed by atoms with Crippen LogP contribution in [-0.2, 0) is 46.8 Å². The number of carbonyl (C=O) groups is 2. The standard InChI is InChI=1S/C35H31ClN2O6/c1-2-32-30(37-33(44-32)27-14-13-24-7-3-4-8-25(24)19-27)17-18-43-38(35(41)42-22-23-11-15-29(36)16-12-23)21-28-10-6-5-9-26(28)20-31(38)34(39)40/h3-16,19,31H,2,17-18,20-22H2,1H3/p+1. The summed E-state index contributed by atoms with van der Waals surface area (Å²) in [5.74, 6) is 0.0776. The second-order valence-corrected chi connectivity index (χ2v) is 11.3. The molecule has 0 fully saturated rings. The summed E-state index contributed by atoms with van der Waals surface area (Å²) in [5.41, 5.74) is 3.99. The molecular weight excluding hydrogens is 580 g/mol. The van der Waals surface area contributed by atoms with Crippen molar-refractivity contribution in [3.63, 3.8) is 0 Å². The molecule has 9 heteroatoms. The summed E-state index contributed by atoms with van der Waals surface area (Å²) in [6.07, 6.45) is 0.287. The molecule has 0 bridgehead atoms. The highest BCUT2D eigenvalue weighted by Crippen LogP contribution is 2.34. The van der Waals surface area contributed by atoms with Crippen LogP contribution >= 0.6 is 11.6 Å². The summed E-state index contributed by atoms with van der Waals surface area (Å²) < 4.78 is 11.0. The van der Waals surface area contributed by atoms with Crippen LogP contribution in [0.3, 0.4) is 0 Å². The van der Waals surface area contributed by atoms with Crippen LogP contribution in [0.2, 0.25) is 5.02 Å². The number of halogens is 1. The third kappa shape index (κ3) is 5.97. The maximum atomic E-state index is 13.8. The van der Waals surface area contributed by atoms with Crippen LogP contribution in [0.4, 0.5) is 4.79 Å². The van der Waals surface area contributed by atoms with E-state index in [9.17, 15) is 14.7 Å². The lowest BCUT2D eigenvalue weighted by Gasteiger charge is -2.39. The van der Waals surface area contributed by atoms with Crippen molar-refractivity contribution in [3.05, 3.63) is 124 Å². The Morgan fingerprint density at radius 2 is 1.70 bits per heavy atom. The van der Waals surface area contributed by atoms with E-state index in [2.05, 4.69) is 6.07 Å². The van der Waals surface area contributed by atoms with Gasteiger partial charge in [-0.05, 0) is 46.2 Å². The van der Waals surface area contributed by atoms with Gasteiger partial charge in [0.1, 0.15) is 25.5 Å². The van der Waals surface area contributed by atoms with E-state index in [4.69, 9.17) is 30.6 Å². The first-order valence-corrected chi connectivity index (χ1v) is 15.0. The third-order valence-electron chi connectivity index (χ3n) is 8.07. The minimum absolute atomic E-state index is 0.0222. The van der Waals surface area contributed by atoms with E-state index in [1.807, 2.05) is 67.6 Å². The Hall–Kier alpha value is -4.50. The fourth-order valence-electron chi connectivity index (χ4n) is 5.72. The molecule has 0 aliphatic carbocycles. The highest BCUT2D eigenvalue weighted by Gasteiger charge is 2.56. The van der Waals surface area contributed by atoms with Crippen molar-refractivity contribution < 1.29 is 33.3 Å². The molecule has 0 spiro atoms. The molecule has 0 saturated heterocycles. The van der Waals surface area contributed by atoms with Crippen LogP contribution in [0.15, 0.2) is 95.4 Å². The Morgan fingerprint density at radius 3 is 2.45 bits per heavy atom. The lowest BCUT2D eigenvalue weighted by Crippen LogP contribution is -2.64. The largest absolute Gasteiger partial charge is 0.551 e. The molecular formula is C35H32ClN2O6+. The number of aryl methyl sites for hydroxylation is 1. The number of aromatic nitrogens is 1. The first-order chi connectivity index (χ1) is 21.4. The number of rotatable bonds is 9. The molecule has 6 rings (SSSR count). The number of oxazole rings is 1. The Balaban J connectivity index is 1.26. The molecule has 1 amide bonds. The number of ether oxygens (including phenoxy) is 1. The summed E-state index contributed by atoms with van der Waals surface area (Å²) >= 11 is 6.00. The number of hydrogen-bond donors (Lipinski definition) is 1. The predicted molar refractivity (Wildman–Crippen MR) is 166 cm³/mol. The van der Waals surface area contributed by atoms with E-state index >= 15 is 0 Å². The molecule has 224 valence electrons. The molecule has 2 unspecified atom stereocenters. The van der Waals surface area contributed by atoms with Crippen molar-refractivity contribution in [2.24, 2.45) is 0 Å². The van der Waals surface area contributed by atoms with Crippen LogP contribution in [-0.4, -0.2) is 39.4 Å².